The minimum atomic E-state index is -0.389. The minimum Gasteiger partial charge on any atom is -0.388 e. The molecule has 2 rings (SSSR count). The molecule has 0 atom stereocenters. The van der Waals surface area contributed by atoms with E-state index in [0.29, 0.717) is 4.70 Å². The summed E-state index contributed by atoms with van der Waals surface area (Å²) in [6, 6.07) is 3.18. The van der Waals surface area contributed by atoms with Gasteiger partial charge in [0.05, 0.1) is 11.1 Å². The largest absolute Gasteiger partial charge is 0.388 e. The molecular weight excluding hydrogens is 202 g/mol. The maximum atomic E-state index is 10.7. The predicted octanol–water partition coefficient (Wildman–Crippen LogP) is 2.25. The molecule has 0 aliphatic rings. The number of non-ortho nitro benzene ring substituents is 1. The molecule has 1 heterocycles. The Morgan fingerprint density at radius 1 is 1.57 bits per heavy atom. The Hall–Kier alpha value is -1.69. The molecule has 0 aliphatic carbocycles. The van der Waals surface area contributed by atoms with Crippen LogP contribution in [0.15, 0.2) is 18.3 Å². The second kappa shape index (κ2) is 3.22. The zero-order chi connectivity index (χ0) is 10.1. The van der Waals surface area contributed by atoms with E-state index in [1.807, 2.05) is 0 Å². The van der Waals surface area contributed by atoms with E-state index in [1.54, 1.807) is 19.3 Å². The zero-order valence-electron chi connectivity index (χ0n) is 7.35. The summed E-state index contributed by atoms with van der Waals surface area (Å²) in [5, 5.41) is 14.4. The molecule has 14 heavy (non-hydrogen) atoms. The van der Waals surface area contributed by atoms with Crippen LogP contribution in [0.3, 0.4) is 0 Å². The van der Waals surface area contributed by atoms with Gasteiger partial charge in [0.1, 0.15) is 4.70 Å². The highest BCUT2D eigenvalue weighted by molar-refractivity contribution is 7.14. The number of anilines is 1. The molecule has 0 saturated heterocycles. The molecule has 0 amide bonds. The van der Waals surface area contributed by atoms with E-state index >= 15 is 0 Å². The van der Waals surface area contributed by atoms with Gasteiger partial charge in [0.25, 0.3) is 5.69 Å². The van der Waals surface area contributed by atoms with E-state index in [0.717, 1.165) is 22.6 Å². The normalized spacial score (nSPS) is 10.4. The van der Waals surface area contributed by atoms with Crippen molar-refractivity contribution in [1.82, 2.24) is 4.37 Å². The van der Waals surface area contributed by atoms with Gasteiger partial charge in [-0.25, -0.2) is 0 Å². The van der Waals surface area contributed by atoms with Crippen molar-refractivity contribution in [3.8, 4) is 0 Å². The second-order valence-corrected chi connectivity index (χ2v) is 3.51. The van der Waals surface area contributed by atoms with Gasteiger partial charge in [-0.2, -0.15) is 4.37 Å². The summed E-state index contributed by atoms with van der Waals surface area (Å²) in [7, 11) is 1.78. The molecule has 0 spiro atoms. The number of hydrogen-bond acceptors (Lipinski definition) is 5. The van der Waals surface area contributed by atoms with Crippen LogP contribution in [0.1, 0.15) is 0 Å². The van der Waals surface area contributed by atoms with E-state index < -0.39 is 0 Å². The molecule has 1 aromatic carbocycles. The summed E-state index contributed by atoms with van der Waals surface area (Å²) in [5.74, 6) is 0. The molecule has 6 heteroatoms. The highest BCUT2D eigenvalue weighted by Crippen LogP contribution is 2.33. The van der Waals surface area contributed by atoms with Gasteiger partial charge in [-0.1, -0.05) is 0 Å². The molecular formula is C8H7N3O2S. The summed E-state index contributed by atoms with van der Waals surface area (Å²) in [4.78, 5) is 10.3. The molecule has 0 unspecified atom stereocenters. The van der Waals surface area contributed by atoms with Gasteiger partial charge in [-0.3, -0.25) is 10.1 Å². The van der Waals surface area contributed by atoms with Crippen molar-refractivity contribution in [3.63, 3.8) is 0 Å². The van der Waals surface area contributed by atoms with Crippen molar-refractivity contribution < 1.29 is 4.92 Å². The predicted molar refractivity (Wildman–Crippen MR) is 55.8 cm³/mol. The first-order valence-electron chi connectivity index (χ1n) is 3.93. The van der Waals surface area contributed by atoms with Crippen molar-refractivity contribution in [2.45, 2.75) is 0 Å². The third kappa shape index (κ3) is 1.20. The summed E-state index contributed by atoms with van der Waals surface area (Å²) < 4.78 is 4.56. The molecule has 1 aromatic heterocycles. The standard InChI is InChI=1S/C8H7N3O2S/c1-9-6-2-3-7(11(12)13)8-5(6)4-10-14-8/h2-4,9H,1H3. The van der Waals surface area contributed by atoms with Gasteiger partial charge in [0.2, 0.25) is 0 Å². The summed E-state index contributed by atoms with van der Waals surface area (Å²) in [6.45, 7) is 0. The quantitative estimate of drug-likeness (QED) is 0.608. The fourth-order valence-electron chi connectivity index (χ4n) is 1.31. The molecule has 0 radical (unpaired) electrons. The van der Waals surface area contributed by atoms with Crippen molar-refractivity contribution >= 4 is 33.0 Å². The van der Waals surface area contributed by atoms with Crippen LogP contribution >= 0.6 is 11.5 Å². The van der Waals surface area contributed by atoms with Gasteiger partial charge in [-0.15, -0.1) is 0 Å². The number of nitrogens with zero attached hydrogens (tertiary/aromatic N) is 2. The van der Waals surface area contributed by atoms with E-state index in [9.17, 15) is 10.1 Å². The van der Waals surface area contributed by atoms with Crippen LogP contribution in [0.4, 0.5) is 11.4 Å². The highest BCUT2D eigenvalue weighted by Gasteiger charge is 2.15. The van der Waals surface area contributed by atoms with Gasteiger partial charge in [0.15, 0.2) is 0 Å². The van der Waals surface area contributed by atoms with Crippen LogP contribution in [0.5, 0.6) is 0 Å². The van der Waals surface area contributed by atoms with Crippen LogP contribution in [0, 0.1) is 10.1 Å². The Morgan fingerprint density at radius 2 is 2.36 bits per heavy atom. The second-order valence-electron chi connectivity index (χ2n) is 2.71. The van der Waals surface area contributed by atoms with E-state index in [2.05, 4.69) is 9.69 Å². The fourth-order valence-corrected chi connectivity index (χ4v) is 2.07. The monoisotopic (exact) mass is 209 g/mol. The fraction of sp³-hybridized carbons (Fsp3) is 0.125. The molecule has 72 valence electrons. The summed E-state index contributed by atoms with van der Waals surface area (Å²) >= 11 is 1.14. The molecule has 1 N–H and O–H groups in total. The molecule has 5 nitrogen and oxygen atoms in total. The molecule has 0 saturated carbocycles. The van der Waals surface area contributed by atoms with Gasteiger partial charge >= 0.3 is 0 Å². The number of nitro groups is 1. The lowest BCUT2D eigenvalue weighted by Gasteiger charge is -2.00. The summed E-state index contributed by atoms with van der Waals surface area (Å²) in [5.41, 5.74) is 0.973. The minimum absolute atomic E-state index is 0.113. The molecule has 0 fully saturated rings. The zero-order valence-corrected chi connectivity index (χ0v) is 8.17. The van der Waals surface area contributed by atoms with Crippen LogP contribution in [-0.2, 0) is 0 Å². The number of nitro benzene ring substituents is 1. The van der Waals surface area contributed by atoms with Crippen molar-refractivity contribution in [2.75, 3.05) is 12.4 Å². The van der Waals surface area contributed by atoms with Crippen LogP contribution in [0.2, 0.25) is 0 Å². The molecule has 2 aromatic rings. The Balaban J connectivity index is 2.78. The summed E-state index contributed by atoms with van der Waals surface area (Å²) in [6.07, 6.45) is 1.64. The van der Waals surface area contributed by atoms with Crippen LogP contribution in [-0.4, -0.2) is 16.3 Å². The van der Waals surface area contributed by atoms with Crippen molar-refractivity contribution in [3.05, 3.63) is 28.4 Å². The first kappa shape index (κ1) is 8.89. The Morgan fingerprint density at radius 3 is 3.00 bits per heavy atom. The third-order valence-corrected chi connectivity index (χ3v) is 2.79. The van der Waals surface area contributed by atoms with E-state index in [1.165, 1.54) is 6.07 Å². The van der Waals surface area contributed by atoms with E-state index in [4.69, 9.17) is 0 Å². The number of benzene rings is 1. The molecule has 0 aliphatic heterocycles. The first-order valence-corrected chi connectivity index (χ1v) is 4.71. The maximum Gasteiger partial charge on any atom is 0.288 e. The highest BCUT2D eigenvalue weighted by atomic mass is 32.1. The SMILES string of the molecule is CNc1ccc([N+](=O)[O-])c2sncc12. The van der Waals surface area contributed by atoms with Crippen LogP contribution in [0.25, 0.3) is 10.1 Å². The Kier molecular flexibility index (Phi) is 2.05. The van der Waals surface area contributed by atoms with Gasteiger partial charge in [-0.05, 0) is 17.6 Å². The number of hydrogen-bond donors (Lipinski definition) is 1. The maximum absolute atomic E-state index is 10.7. The lowest BCUT2D eigenvalue weighted by atomic mass is 10.2. The smallest absolute Gasteiger partial charge is 0.288 e. The number of nitrogens with one attached hydrogen (secondary N) is 1. The lowest BCUT2D eigenvalue weighted by Crippen LogP contribution is -1.91. The van der Waals surface area contributed by atoms with Gasteiger partial charge < -0.3 is 5.32 Å². The average Bonchev–Trinajstić information content (AvgIpc) is 2.64. The number of rotatable bonds is 2. The van der Waals surface area contributed by atoms with Crippen molar-refractivity contribution in [1.29, 1.82) is 0 Å². The topological polar surface area (TPSA) is 68.1 Å². The number of aromatic nitrogens is 1. The van der Waals surface area contributed by atoms with E-state index in [-0.39, 0.29) is 10.6 Å². The molecule has 0 bridgehead atoms. The van der Waals surface area contributed by atoms with Crippen molar-refractivity contribution in [2.24, 2.45) is 0 Å². The third-order valence-electron chi connectivity index (χ3n) is 1.97. The first-order chi connectivity index (χ1) is 6.74. The van der Waals surface area contributed by atoms with Gasteiger partial charge in [0, 0.05) is 24.2 Å². The van der Waals surface area contributed by atoms with Crippen LogP contribution < -0.4 is 5.32 Å². The lowest BCUT2D eigenvalue weighted by molar-refractivity contribution is -0.382. The Bertz CT molecular complexity index is 494. The average molecular weight is 209 g/mol. The Labute approximate surface area is 83.7 Å². The number of fused-ring (bicyclic) bond motifs is 1.